The molecular weight excluding hydrogens is 375 g/mol. The van der Waals surface area contributed by atoms with Crippen LogP contribution in [0.25, 0.3) is 0 Å². The van der Waals surface area contributed by atoms with Crippen LogP contribution in [0, 0.1) is 20.8 Å². The number of oxazole rings is 1. The number of nitrogen functional groups attached to an aromatic ring is 1. The lowest BCUT2D eigenvalue weighted by Crippen LogP contribution is -2.48. The first-order valence-corrected chi connectivity index (χ1v) is 8.24. The zero-order valence-electron chi connectivity index (χ0n) is 15.3. The van der Waals surface area contributed by atoms with Crippen LogP contribution in [-0.2, 0) is 6.54 Å². The van der Waals surface area contributed by atoms with Crippen LogP contribution in [-0.4, -0.2) is 46.9 Å². The number of amides is 1. The van der Waals surface area contributed by atoms with Crippen molar-refractivity contribution < 1.29 is 9.21 Å². The molecule has 0 bridgehead atoms. The van der Waals surface area contributed by atoms with Crippen LogP contribution < -0.4 is 5.73 Å². The van der Waals surface area contributed by atoms with Gasteiger partial charge in [0.1, 0.15) is 5.76 Å². The Kier molecular flexibility index (Phi) is 7.93. The maximum atomic E-state index is 12.7. The molecule has 0 spiro atoms. The molecule has 2 aromatic rings. The lowest BCUT2D eigenvalue weighted by Gasteiger charge is -2.34. The molecule has 0 atom stereocenters. The third kappa shape index (κ3) is 4.90. The lowest BCUT2D eigenvalue weighted by molar-refractivity contribution is 0.0617. The smallest absolute Gasteiger partial charge is 0.254 e. The zero-order chi connectivity index (χ0) is 17.3. The second-order valence-electron chi connectivity index (χ2n) is 6.39. The van der Waals surface area contributed by atoms with Crippen molar-refractivity contribution in [2.24, 2.45) is 0 Å². The maximum Gasteiger partial charge on any atom is 0.254 e. The van der Waals surface area contributed by atoms with Gasteiger partial charge in [-0.05, 0) is 38.5 Å². The Labute approximate surface area is 166 Å². The summed E-state index contributed by atoms with van der Waals surface area (Å²) in [5.41, 5.74) is 9.04. The van der Waals surface area contributed by atoms with E-state index in [2.05, 4.69) is 9.88 Å². The number of nitrogens with two attached hydrogens (primary N) is 1. The molecular formula is C18H26Cl2N4O2. The Morgan fingerprint density at radius 1 is 1.15 bits per heavy atom. The molecule has 1 aromatic carbocycles. The Bertz CT molecular complexity index is 736. The molecule has 6 nitrogen and oxygen atoms in total. The van der Waals surface area contributed by atoms with Gasteiger partial charge in [0.15, 0.2) is 0 Å². The third-order valence-corrected chi connectivity index (χ3v) is 4.58. The number of nitrogens with zero attached hydrogens (tertiary/aromatic N) is 3. The molecule has 144 valence electrons. The van der Waals surface area contributed by atoms with Crippen LogP contribution in [0.2, 0.25) is 0 Å². The second-order valence-corrected chi connectivity index (χ2v) is 6.39. The lowest BCUT2D eigenvalue weighted by atomic mass is 10.1. The average Bonchev–Trinajstić information content (AvgIpc) is 2.87. The third-order valence-electron chi connectivity index (χ3n) is 4.58. The Morgan fingerprint density at radius 2 is 1.81 bits per heavy atom. The summed E-state index contributed by atoms with van der Waals surface area (Å²) in [5, 5.41) is 0. The molecule has 1 amide bonds. The van der Waals surface area contributed by atoms with Crippen molar-refractivity contribution in [3.63, 3.8) is 0 Å². The van der Waals surface area contributed by atoms with Crippen LogP contribution in [0.4, 0.5) is 5.69 Å². The number of aryl methyl sites for hydroxylation is 3. The van der Waals surface area contributed by atoms with Crippen LogP contribution in [0.15, 0.2) is 22.6 Å². The van der Waals surface area contributed by atoms with E-state index in [1.54, 1.807) is 6.07 Å². The summed E-state index contributed by atoms with van der Waals surface area (Å²) in [4.78, 5) is 21.3. The van der Waals surface area contributed by atoms with Crippen molar-refractivity contribution in [2.45, 2.75) is 27.3 Å². The first-order chi connectivity index (χ1) is 11.4. The fourth-order valence-electron chi connectivity index (χ4n) is 2.95. The van der Waals surface area contributed by atoms with Crippen molar-refractivity contribution >= 4 is 36.4 Å². The van der Waals surface area contributed by atoms with Crippen molar-refractivity contribution in [3.05, 3.63) is 46.7 Å². The quantitative estimate of drug-likeness (QED) is 0.801. The summed E-state index contributed by atoms with van der Waals surface area (Å²) in [6, 6.07) is 5.48. The van der Waals surface area contributed by atoms with Gasteiger partial charge in [0.2, 0.25) is 5.89 Å². The number of benzene rings is 1. The number of aromatic nitrogens is 1. The van der Waals surface area contributed by atoms with E-state index in [1.165, 1.54) is 0 Å². The SMILES string of the molecule is Cc1ccc(N)cc1C(=O)N1CCN(Cc2nc(C)c(C)o2)CC1.Cl.Cl. The molecule has 1 aliphatic rings. The number of anilines is 1. The number of halogens is 2. The topological polar surface area (TPSA) is 75.6 Å². The number of carbonyl (C=O) groups excluding carboxylic acids is 1. The van der Waals surface area contributed by atoms with E-state index in [1.807, 2.05) is 37.8 Å². The van der Waals surface area contributed by atoms with Gasteiger partial charge in [-0.15, -0.1) is 24.8 Å². The van der Waals surface area contributed by atoms with Crippen molar-refractivity contribution in [3.8, 4) is 0 Å². The molecule has 26 heavy (non-hydrogen) atoms. The first-order valence-electron chi connectivity index (χ1n) is 8.24. The highest BCUT2D eigenvalue weighted by atomic mass is 35.5. The summed E-state index contributed by atoms with van der Waals surface area (Å²) < 4.78 is 5.64. The van der Waals surface area contributed by atoms with Gasteiger partial charge in [-0.25, -0.2) is 4.98 Å². The van der Waals surface area contributed by atoms with E-state index in [9.17, 15) is 4.79 Å². The number of carbonyl (C=O) groups is 1. The highest BCUT2D eigenvalue weighted by Gasteiger charge is 2.24. The predicted molar refractivity (Wildman–Crippen MR) is 107 cm³/mol. The van der Waals surface area contributed by atoms with Gasteiger partial charge in [0, 0.05) is 37.4 Å². The number of rotatable bonds is 3. The highest BCUT2D eigenvalue weighted by Crippen LogP contribution is 2.17. The maximum absolute atomic E-state index is 12.7. The molecule has 3 rings (SSSR count). The minimum atomic E-state index is 0. The average molecular weight is 401 g/mol. The molecule has 0 saturated carbocycles. The van der Waals surface area contributed by atoms with E-state index in [0.29, 0.717) is 30.9 Å². The van der Waals surface area contributed by atoms with E-state index in [4.69, 9.17) is 10.2 Å². The van der Waals surface area contributed by atoms with Crippen molar-refractivity contribution in [1.82, 2.24) is 14.8 Å². The molecule has 0 unspecified atom stereocenters. The largest absolute Gasteiger partial charge is 0.444 e. The molecule has 1 saturated heterocycles. The molecule has 1 fully saturated rings. The molecule has 2 N–H and O–H groups in total. The van der Waals surface area contributed by atoms with Gasteiger partial charge in [0.25, 0.3) is 5.91 Å². The van der Waals surface area contributed by atoms with Crippen LogP contribution in [0.1, 0.15) is 33.3 Å². The predicted octanol–water partition coefficient (Wildman–Crippen LogP) is 2.98. The molecule has 1 aliphatic heterocycles. The first kappa shape index (κ1) is 22.3. The van der Waals surface area contributed by atoms with Crippen LogP contribution in [0.3, 0.4) is 0 Å². The van der Waals surface area contributed by atoms with Gasteiger partial charge in [-0.3, -0.25) is 9.69 Å². The Morgan fingerprint density at radius 3 is 2.38 bits per heavy atom. The van der Waals surface area contributed by atoms with Gasteiger partial charge >= 0.3 is 0 Å². The van der Waals surface area contributed by atoms with Gasteiger partial charge < -0.3 is 15.1 Å². The van der Waals surface area contributed by atoms with Crippen LogP contribution in [0.5, 0.6) is 0 Å². The molecule has 0 radical (unpaired) electrons. The van der Waals surface area contributed by atoms with Crippen molar-refractivity contribution in [1.29, 1.82) is 0 Å². The normalized spacial score (nSPS) is 14.5. The standard InChI is InChI=1S/C18H24N4O2.2ClH/c1-12-4-5-15(19)10-16(12)18(23)22-8-6-21(7-9-22)11-17-20-13(2)14(3)24-17;;/h4-5,10H,6-9,11,19H2,1-3H3;2*1H. The number of piperazine rings is 1. The molecule has 8 heteroatoms. The summed E-state index contributed by atoms with van der Waals surface area (Å²) in [5.74, 6) is 1.68. The van der Waals surface area contributed by atoms with Gasteiger partial charge in [0.05, 0.1) is 12.2 Å². The summed E-state index contributed by atoms with van der Waals surface area (Å²) in [6.07, 6.45) is 0. The van der Waals surface area contributed by atoms with Gasteiger partial charge in [-0.1, -0.05) is 6.07 Å². The minimum absolute atomic E-state index is 0. The summed E-state index contributed by atoms with van der Waals surface area (Å²) >= 11 is 0. The van der Waals surface area contributed by atoms with E-state index >= 15 is 0 Å². The van der Waals surface area contributed by atoms with E-state index in [0.717, 1.165) is 36.0 Å². The molecule has 2 heterocycles. The fraction of sp³-hybridized carbons (Fsp3) is 0.444. The Balaban J connectivity index is 0.00000169. The highest BCUT2D eigenvalue weighted by molar-refractivity contribution is 5.96. The molecule has 1 aromatic heterocycles. The molecule has 0 aliphatic carbocycles. The van der Waals surface area contributed by atoms with Gasteiger partial charge in [-0.2, -0.15) is 0 Å². The summed E-state index contributed by atoms with van der Waals surface area (Å²) in [6.45, 7) is 9.53. The zero-order valence-corrected chi connectivity index (χ0v) is 17.0. The second kappa shape index (κ2) is 9.26. The number of hydrogen-bond donors (Lipinski definition) is 1. The summed E-state index contributed by atoms with van der Waals surface area (Å²) in [7, 11) is 0. The Hall–Kier alpha value is -1.76. The van der Waals surface area contributed by atoms with Crippen LogP contribution >= 0.6 is 24.8 Å². The fourth-order valence-corrected chi connectivity index (χ4v) is 2.95. The van der Waals surface area contributed by atoms with Crippen molar-refractivity contribution in [2.75, 3.05) is 31.9 Å². The minimum Gasteiger partial charge on any atom is -0.444 e. The number of hydrogen-bond acceptors (Lipinski definition) is 5. The monoisotopic (exact) mass is 400 g/mol. The van der Waals surface area contributed by atoms with E-state index in [-0.39, 0.29) is 30.7 Å². The van der Waals surface area contributed by atoms with E-state index < -0.39 is 0 Å².